The van der Waals surface area contributed by atoms with Crippen molar-refractivity contribution in [2.45, 2.75) is 31.4 Å². The molecule has 0 aromatic heterocycles. The van der Waals surface area contributed by atoms with Gasteiger partial charge in [-0.25, -0.2) is 9.18 Å². The van der Waals surface area contributed by atoms with Gasteiger partial charge in [-0.2, -0.15) is 0 Å². The molecule has 0 saturated carbocycles. The average molecular weight is 396 g/mol. The Kier molecular flexibility index (Phi) is 7.09. The highest BCUT2D eigenvalue weighted by atomic mass is 19.1. The topological polar surface area (TPSA) is 71.5 Å². The van der Waals surface area contributed by atoms with Gasteiger partial charge < -0.3 is 24.2 Å². The van der Waals surface area contributed by atoms with Crippen LogP contribution in [-0.4, -0.2) is 85.2 Å². The van der Waals surface area contributed by atoms with Gasteiger partial charge in [-0.1, -0.05) is 0 Å². The second-order valence-electron chi connectivity index (χ2n) is 7.41. The van der Waals surface area contributed by atoms with Crippen LogP contribution in [0.2, 0.25) is 0 Å². The number of rotatable bonds is 5. The lowest BCUT2D eigenvalue weighted by molar-refractivity contribution is -0.0688. The van der Waals surface area contributed by atoms with E-state index in [1.807, 2.05) is 0 Å². The van der Waals surface area contributed by atoms with Crippen molar-refractivity contribution < 1.29 is 28.5 Å². The number of halogens is 1. The number of aliphatic hydroxyl groups is 1. The molecule has 3 rings (SSSR count). The van der Waals surface area contributed by atoms with Gasteiger partial charge in [0.1, 0.15) is 23.8 Å². The van der Waals surface area contributed by atoms with Gasteiger partial charge in [-0.15, -0.1) is 0 Å². The summed E-state index contributed by atoms with van der Waals surface area (Å²) in [5.41, 5.74) is -1.15. The molecular formula is C20H29FN2O5. The van der Waals surface area contributed by atoms with Gasteiger partial charge in [0.15, 0.2) is 0 Å². The number of piperidine rings is 1. The van der Waals surface area contributed by atoms with E-state index in [0.717, 1.165) is 19.4 Å². The molecule has 8 heteroatoms. The highest BCUT2D eigenvalue weighted by Gasteiger charge is 2.37. The lowest BCUT2D eigenvalue weighted by Gasteiger charge is -2.39. The van der Waals surface area contributed by atoms with E-state index in [2.05, 4.69) is 4.90 Å². The molecule has 1 amide bonds. The summed E-state index contributed by atoms with van der Waals surface area (Å²) in [6.07, 6.45) is 1.39. The number of benzene rings is 1. The molecule has 0 unspecified atom stereocenters. The Morgan fingerprint density at radius 3 is 2.68 bits per heavy atom. The molecule has 1 atom stereocenters. The van der Waals surface area contributed by atoms with Crippen LogP contribution in [0.5, 0.6) is 5.75 Å². The molecule has 2 aliphatic heterocycles. The summed E-state index contributed by atoms with van der Waals surface area (Å²) in [5.74, 6) is 0.178. The Balaban J connectivity index is 1.54. The molecule has 0 aliphatic carbocycles. The highest BCUT2D eigenvalue weighted by Crippen LogP contribution is 2.23. The number of carbonyl (C=O) groups excluding carboxylic acids is 1. The third-order valence-corrected chi connectivity index (χ3v) is 5.22. The summed E-state index contributed by atoms with van der Waals surface area (Å²) < 4.78 is 29.4. The smallest absolute Gasteiger partial charge is 0.409 e. The summed E-state index contributed by atoms with van der Waals surface area (Å²) in [7, 11) is 0. The molecule has 2 heterocycles. The fourth-order valence-electron chi connectivity index (χ4n) is 3.72. The van der Waals surface area contributed by atoms with Crippen molar-refractivity contribution >= 4 is 6.09 Å². The fraction of sp³-hybridized carbons (Fsp3) is 0.650. The number of likely N-dealkylation sites (tertiary alicyclic amines) is 1. The molecule has 1 aromatic carbocycles. The normalized spacial score (nSPS) is 24.6. The SMILES string of the molecule is CCOC(=O)N1CCC(N2CCOC[C@](O)(COc3ccc(F)cc3)C2)CC1. The molecule has 28 heavy (non-hydrogen) atoms. The highest BCUT2D eigenvalue weighted by molar-refractivity contribution is 5.67. The van der Waals surface area contributed by atoms with Gasteiger partial charge in [-0.05, 0) is 44.0 Å². The first-order valence-electron chi connectivity index (χ1n) is 9.83. The minimum Gasteiger partial charge on any atom is -0.490 e. The van der Waals surface area contributed by atoms with Crippen LogP contribution in [0.15, 0.2) is 24.3 Å². The van der Waals surface area contributed by atoms with Crippen molar-refractivity contribution in [2.24, 2.45) is 0 Å². The van der Waals surface area contributed by atoms with Crippen molar-refractivity contribution in [1.82, 2.24) is 9.80 Å². The summed E-state index contributed by atoms with van der Waals surface area (Å²) in [6.45, 7) is 5.41. The standard InChI is InChI=1S/C20H29FN2O5/c1-2-27-19(24)22-9-7-17(8-10-22)23-11-12-26-14-20(25,13-23)15-28-18-5-3-16(21)4-6-18/h3-6,17,25H,2,7-15H2,1H3/t20-/m0/s1. The predicted octanol–water partition coefficient (Wildman–Crippen LogP) is 1.89. The van der Waals surface area contributed by atoms with Crippen molar-refractivity contribution in [3.63, 3.8) is 0 Å². The Bertz CT molecular complexity index is 636. The van der Waals surface area contributed by atoms with Gasteiger partial charge in [0.25, 0.3) is 0 Å². The van der Waals surface area contributed by atoms with Crippen molar-refractivity contribution in [2.75, 3.05) is 52.6 Å². The van der Waals surface area contributed by atoms with E-state index in [1.54, 1.807) is 24.0 Å². The first-order chi connectivity index (χ1) is 13.5. The first kappa shape index (κ1) is 20.8. The molecule has 2 aliphatic rings. The molecule has 2 fully saturated rings. The minimum atomic E-state index is -1.15. The zero-order valence-electron chi connectivity index (χ0n) is 16.3. The largest absolute Gasteiger partial charge is 0.490 e. The molecule has 2 saturated heterocycles. The number of amides is 1. The Labute approximate surface area is 165 Å². The average Bonchev–Trinajstić information content (AvgIpc) is 2.90. The molecule has 7 nitrogen and oxygen atoms in total. The number of nitrogens with zero attached hydrogens (tertiary/aromatic N) is 2. The van der Waals surface area contributed by atoms with Crippen molar-refractivity contribution in [1.29, 1.82) is 0 Å². The van der Waals surface area contributed by atoms with E-state index >= 15 is 0 Å². The van der Waals surface area contributed by atoms with Gasteiger partial charge in [0.05, 0.1) is 19.8 Å². The number of β-amino-alcohol motifs (C(OH)–C–C–N with tert-alkyl or cyclic N) is 1. The van der Waals surface area contributed by atoms with E-state index in [4.69, 9.17) is 14.2 Å². The monoisotopic (exact) mass is 396 g/mol. The van der Waals surface area contributed by atoms with Crippen LogP contribution >= 0.6 is 0 Å². The van der Waals surface area contributed by atoms with Crippen LogP contribution in [0.25, 0.3) is 0 Å². The van der Waals surface area contributed by atoms with E-state index in [1.165, 1.54) is 12.1 Å². The summed E-state index contributed by atoms with van der Waals surface area (Å²) in [4.78, 5) is 15.8. The predicted molar refractivity (Wildman–Crippen MR) is 101 cm³/mol. The van der Waals surface area contributed by atoms with Crippen LogP contribution in [0.4, 0.5) is 9.18 Å². The molecule has 156 valence electrons. The quantitative estimate of drug-likeness (QED) is 0.820. The third-order valence-electron chi connectivity index (χ3n) is 5.22. The fourth-order valence-corrected chi connectivity index (χ4v) is 3.72. The van der Waals surface area contributed by atoms with E-state index in [-0.39, 0.29) is 31.2 Å². The molecule has 0 spiro atoms. The third kappa shape index (κ3) is 5.56. The zero-order chi connectivity index (χ0) is 20.0. The van der Waals surface area contributed by atoms with E-state index in [9.17, 15) is 14.3 Å². The Hall–Kier alpha value is -1.90. The maximum absolute atomic E-state index is 13.0. The Morgan fingerprint density at radius 1 is 1.29 bits per heavy atom. The van der Waals surface area contributed by atoms with Crippen LogP contribution in [0.3, 0.4) is 0 Å². The summed E-state index contributed by atoms with van der Waals surface area (Å²) in [5, 5.41) is 11.0. The van der Waals surface area contributed by atoms with Crippen LogP contribution in [0.1, 0.15) is 19.8 Å². The summed E-state index contributed by atoms with van der Waals surface area (Å²) >= 11 is 0. The van der Waals surface area contributed by atoms with Gasteiger partial charge in [0.2, 0.25) is 0 Å². The number of carbonyl (C=O) groups is 1. The lowest BCUT2D eigenvalue weighted by atomic mass is 10.00. The number of hydrogen-bond donors (Lipinski definition) is 1. The minimum absolute atomic E-state index is 0.0663. The van der Waals surface area contributed by atoms with Crippen molar-refractivity contribution in [3.8, 4) is 5.75 Å². The van der Waals surface area contributed by atoms with Crippen molar-refractivity contribution in [3.05, 3.63) is 30.1 Å². The van der Waals surface area contributed by atoms with Crippen LogP contribution in [0, 0.1) is 5.82 Å². The maximum atomic E-state index is 13.0. The molecule has 0 radical (unpaired) electrons. The second kappa shape index (κ2) is 9.54. The van der Waals surface area contributed by atoms with Gasteiger partial charge in [-0.3, -0.25) is 4.90 Å². The molecule has 1 aromatic rings. The van der Waals surface area contributed by atoms with Gasteiger partial charge >= 0.3 is 6.09 Å². The zero-order valence-corrected chi connectivity index (χ0v) is 16.3. The summed E-state index contributed by atoms with van der Waals surface area (Å²) in [6, 6.07) is 6.00. The maximum Gasteiger partial charge on any atom is 0.409 e. The molecular weight excluding hydrogens is 367 g/mol. The molecule has 1 N–H and O–H groups in total. The van der Waals surface area contributed by atoms with Gasteiger partial charge in [0, 0.05) is 32.2 Å². The molecule has 0 bridgehead atoms. The van der Waals surface area contributed by atoms with Crippen LogP contribution in [-0.2, 0) is 9.47 Å². The lowest BCUT2D eigenvalue weighted by Crippen LogP contribution is -2.54. The Morgan fingerprint density at radius 2 is 2.00 bits per heavy atom. The van der Waals surface area contributed by atoms with E-state index in [0.29, 0.717) is 38.6 Å². The van der Waals surface area contributed by atoms with Crippen LogP contribution < -0.4 is 4.74 Å². The first-order valence-corrected chi connectivity index (χ1v) is 9.83. The second-order valence-corrected chi connectivity index (χ2v) is 7.41. The number of hydrogen-bond acceptors (Lipinski definition) is 6. The number of ether oxygens (including phenoxy) is 3. The van der Waals surface area contributed by atoms with E-state index < -0.39 is 5.60 Å².